The standard InChI is InChI=1S/C26H22ClN3O2S/c27-19-12-9-17(10-13-19)15-30-25(32)21-7-3-4-8-22(21)29-26(30)33-16-24(31)28-23-14-11-18-5-1-2-6-20(18)23/h1-10,12-13,23H,11,14-16H2,(H,28,31)/t23-/m1/s1. The Morgan fingerprint density at radius 2 is 1.82 bits per heavy atom. The molecule has 0 saturated carbocycles. The molecule has 5 nitrogen and oxygen atoms in total. The predicted octanol–water partition coefficient (Wildman–Crippen LogP) is 4.99. The Labute approximate surface area is 200 Å². The van der Waals surface area contributed by atoms with Crippen LogP contribution in [0.1, 0.15) is 29.2 Å². The Hall–Kier alpha value is -3.09. The number of thioether (sulfide) groups is 1. The maximum absolute atomic E-state index is 13.3. The monoisotopic (exact) mass is 475 g/mol. The summed E-state index contributed by atoms with van der Waals surface area (Å²) in [5.74, 6) is 0.117. The number of carbonyl (C=O) groups is 1. The van der Waals surface area contributed by atoms with Gasteiger partial charge >= 0.3 is 0 Å². The van der Waals surface area contributed by atoms with Gasteiger partial charge in [0.2, 0.25) is 5.91 Å². The van der Waals surface area contributed by atoms with Crippen molar-refractivity contribution in [2.75, 3.05) is 5.75 Å². The minimum atomic E-state index is -0.122. The maximum atomic E-state index is 13.3. The first-order valence-corrected chi connectivity index (χ1v) is 12.2. The number of carbonyl (C=O) groups excluding carboxylic acids is 1. The summed E-state index contributed by atoms with van der Waals surface area (Å²) < 4.78 is 1.63. The SMILES string of the molecule is O=C(CSc1nc2ccccc2c(=O)n1Cc1ccc(Cl)cc1)N[C@@H]1CCc2ccccc21. The summed E-state index contributed by atoms with van der Waals surface area (Å²) in [7, 11) is 0. The number of fused-ring (bicyclic) bond motifs is 2. The molecule has 1 aromatic heterocycles. The number of para-hydroxylation sites is 1. The molecule has 1 amide bonds. The first-order chi connectivity index (χ1) is 16.1. The van der Waals surface area contributed by atoms with Crippen molar-refractivity contribution in [3.05, 3.63) is 105 Å². The van der Waals surface area contributed by atoms with E-state index in [4.69, 9.17) is 16.6 Å². The van der Waals surface area contributed by atoms with Crippen LogP contribution in [0.5, 0.6) is 0 Å². The van der Waals surface area contributed by atoms with Crippen molar-refractivity contribution in [1.82, 2.24) is 14.9 Å². The summed E-state index contributed by atoms with van der Waals surface area (Å²) in [6, 6.07) is 22.9. The third-order valence-electron chi connectivity index (χ3n) is 5.88. The van der Waals surface area contributed by atoms with Crippen LogP contribution in [0.25, 0.3) is 10.9 Å². The second kappa shape index (κ2) is 9.41. The summed E-state index contributed by atoms with van der Waals surface area (Å²) in [5, 5.41) is 4.87. The van der Waals surface area contributed by atoms with Crippen molar-refractivity contribution in [3.63, 3.8) is 0 Å². The van der Waals surface area contributed by atoms with Crippen LogP contribution in [0.3, 0.4) is 0 Å². The first kappa shape index (κ1) is 21.7. The molecule has 5 rings (SSSR count). The van der Waals surface area contributed by atoms with Gasteiger partial charge in [0.05, 0.1) is 29.2 Å². The van der Waals surface area contributed by atoms with Gasteiger partial charge in [-0.1, -0.05) is 71.9 Å². The molecule has 7 heteroatoms. The molecule has 0 unspecified atom stereocenters. The van der Waals surface area contributed by atoms with Gasteiger partial charge in [-0.3, -0.25) is 14.2 Å². The van der Waals surface area contributed by atoms with Gasteiger partial charge in [-0.15, -0.1) is 0 Å². The van der Waals surface area contributed by atoms with Crippen LogP contribution in [0, 0.1) is 0 Å². The van der Waals surface area contributed by atoms with Gasteiger partial charge in [0.15, 0.2) is 5.16 Å². The van der Waals surface area contributed by atoms with E-state index < -0.39 is 0 Å². The molecule has 0 spiro atoms. The Kier molecular flexibility index (Phi) is 6.20. The zero-order valence-electron chi connectivity index (χ0n) is 17.8. The summed E-state index contributed by atoms with van der Waals surface area (Å²) in [6.07, 6.45) is 1.88. The molecule has 0 saturated heterocycles. The van der Waals surface area contributed by atoms with Crippen LogP contribution in [0.2, 0.25) is 5.02 Å². The van der Waals surface area contributed by atoms with Crippen molar-refractivity contribution >= 4 is 40.2 Å². The summed E-state index contributed by atoms with van der Waals surface area (Å²) in [5.41, 5.74) is 3.93. The molecule has 4 aromatic rings. The lowest BCUT2D eigenvalue weighted by Crippen LogP contribution is -2.29. The van der Waals surface area contributed by atoms with E-state index in [1.165, 1.54) is 22.9 Å². The highest BCUT2D eigenvalue weighted by Crippen LogP contribution is 2.31. The molecule has 33 heavy (non-hydrogen) atoms. The fourth-order valence-corrected chi connectivity index (χ4v) is 5.18. The molecule has 0 aliphatic heterocycles. The first-order valence-electron chi connectivity index (χ1n) is 10.8. The highest BCUT2D eigenvalue weighted by atomic mass is 35.5. The molecular formula is C26H22ClN3O2S. The van der Waals surface area contributed by atoms with E-state index in [0.717, 1.165) is 18.4 Å². The molecule has 1 heterocycles. The predicted molar refractivity (Wildman–Crippen MR) is 133 cm³/mol. The number of halogens is 1. The lowest BCUT2D eigenvalue weighted by Gasteiger charge is -2.16. The largest absolute Gasteiger partial charge is 0.349 e. The maximum Gasteiger partial charge on any atom is 0.262 e. The average Bonchev–Trinajstić information content (AvgIpc) is 3.24. The third kappa shape index (κ3) is 4.68. The Balaban J connectivity index is 1.38. The van der Waals surface area contributed by atoms with Gasteiger partial charge < -0.3 is 5.32 Å². The smallest absolute Gasteiger partial charge is 0.262 e. The van der Waals surface area contributed by atoms with Crippen molar-refractivity contribution in [3.8, 4) is 0 Å². The number of aryl methyl sites for hydroxylation is 1. The van der Waals surface area contributed by atoms with E-state index in [1.54, 1.807) is 22.8 Å². The normalized spacial score (nSPS) is 14.9. The summed E-state index contributed by atoms with van der Waals surface area (Å²) in [4.78, 5) is 30.7. The number of amides is 1. The number of nitrogens with one attached hydrogen (secondary N) is 1. The lowest BCUT2D eigenvalue weighted by molar-refractivity contribution is -0.119. The van der Waals surface area contributed by atoms with Crippen molar-refractivity contribution in [2.45, 2.75) is 30.6 Å². The van der Waals surface area contributed by atoms with Gasteiger partial charge in [-0.25, -0.2) is 4.98 Å². The number of benzene rings is 3. The molecule has 0 bridgehead atoms. The van der Waals surface area contributed by atoms with Gasteiger partial charge in [-0.2, -0.15) is 0 Å². The number of hydrogen-bond acceptors (Lipinski definition) is 4. The van der Waals surface area contributed by atoms with Gasteiger partial charge in [0.1, 0.15) is 0 Å². The van der Waals surface area contributed by atoms with Crippen LogP contribution in [-0.2, 0) is 17.8 Å². The highest BCUT2D eigenvalue weighted by Gasteiger charge is 2.23. The highest BCUT2D eigenvalue weighted by molar-refractivity contribution is 7.99. The minimum absolute atomic E-state index is 0.0372. The van der Waals surface area contributed by atoms with E-state index in [1.807, 2.05) is 42.5 Å². The van der Waals surface area contributed by atoms with E-state index in [2.05, 4.69) is 17.4 Å². The molecular weight excluding hydrogens is 454 g/mol. The van der Waals surface area contributed by atoms with Gasteiger partial charge in [-0.05, 0) is 53.8 Å². The van der Waals surface area contributed by atoms with Crippen molar-refractivity contribution in [1.29, 1.82) is 0 Å². The van der Waals surface area contributed by atoms with Crippen LogP contribution < -0.4 is 10.9 Å². The number of aromatic nitrogens is 2. The topological polar surface area (TPSA) is 64.0 Å². The summed E-state index contributed by atoms with van der Waals surface area (Å²) >= 11 is 7.30. The quantitative estimate of drug-likeness (QED) is 0.315. The van der Waals surface area contributed by atoms with E-state index in [9.17, 15) is 9.59 Å². The van der Waals surface area contributed by atoms with E-state index >= 15 is 0 Å². The van der Waals surface area contributed by atoms with Crippen molar-refractivity contribution in [2.24, 2.45) is 0 Å². The fourth-order valence-electron chi connectivity index (χ4n) is 4.24. The molecule has 1 atom stereocenters. The van der Waals surface area contributed by atoms with Crippen LogP contribution >= 0.6 is 23.4 Å². The lowest BCUT2D eigenvalue weighted by atomic mass is 10.1. The molecule has 1 aliphatic carbocycles. The van der Waals surface area contributed by atoms with Crippen LogP contribution in [0.4, 0.5) is 0 Å². The molecule has 0 radical (unpaired) electrons. The van der Waals surface area contributed by atoms with Gasteiger partial charge in [0, 0.05) is 5.02 Å². The molecule has 166 valence electrons. The van der Waals surface area contributed by atoms with E-state index in [0.29, 0.717) is 27.6 Å². The Morgan fingerprint density at radius 3 is 2.67 bits per heavy atom. The van der Waals surface area contributed by atoms with Crippen LogP contribution in [-0.4, -0.2) is 21.2 Å². The Morgan fingerprint density at radius 1 is 1.06 bits per heavy atom. The minimum Gasteiger partial charge on any atom is -0.349 e. The average molecular weight is 476 g/mol. The fraction of sp³-hybridized carbons (Fsp3) is 0.192. The number of rotatable bonds is 6. The zero-order valence-corrected chi connectivity index (χ0v) is 19.4. The number of nitrogens with zero attached hydrogens (tertiary/aromatic N) is 2. The third-order valence-corrected chi connectivity index (χ3v) is 7.11. The zero-order chi connectivity index (χ0) is 22.8. The molecule has 1 aliphatic rings. The van der Waals surface area contributed by atoms with Gasteiger partial charge in [0.25, 0.3) is 5.56 Å². The second-order valence-electron chi connectivity index (χ2n) is 8.08. The summed E-state index contributed by atoms with van der Waals surface area (Å²) in [6.45, 7) is 0.355. The van der Waals surface area contributed by atoms with E-state index in [-0.39, 0.29) is 23.3 Å². The second-order valence-corrected chi connectivity index (χ2v) is 9.45. The van der Waals surface area contributed by atoms with Crippen molar-refractivity contribution < 1.29 is 4.79 Å². The number of hydrogen-bond donors (Lipinski definition) is 1. The molecule has 3 aromatic carbocycles. The molecule has 0 fully saturated rings. The Bertz CT molecular complexity index is 1380. The molecule has 1 N–H and O–H groups in total. The van der Waals surface area contributed by atoms with Crippen LogP contribution in [0.15, 0.2) is 82.7 Å².